The first-order chi connectivity index (χ1) is 11.4. The number of nitrogens with one attached hydrogen (secondary N) is 1. The van der Waals surface area contributed by atoms with Gasteiger partial charge in [0.2, 0.25) is 5.89 Å². The number of halogens is 1. The van der Waals surface area contributed by atoms with Crippen LogP contribution >= 0.6 is 22.9 Å². The molecule has 10 heteroatoms. The van der Waals surface area contributed by atoms with Gasteiger partial charge in [0, 0.05) is 0 Å². The summed E-state index contributed by atoms with van der Waals surface area (Å²) >= 11 is 6.86. The highest BCUT2D eigenvalue weighted by Crippen LogP contribution is 2.22. The molecular weight excluding hydrogens is 374 g/mol. The first-order valence-electron chi connectivity index (χ1n) is 6.61. The number of hydrogen-bond donors (Lipinski definition) is 1. The average Bonchev–Trinajstić information content (AvgIpc) is 3.17. The van der Waals surface area contributed by atoms with E-state index in [9.17, 15) is 13.2 Å². The SMILES string of the molecule is O=C(Nc1nnc(CS(=O)(=O)c2ccccc2)o1)c1ccc(Cl)s1. The van der Waals surface area contributed by atoms with E-state index in [0.717, 1.165) is 11.3 Å². The Bertz CT molecular complexity index is 967. The van der Waals surface area contributed by atoms with Gasteiger partial charge in [0.15, 0.2) is 9.84 Å². The van der Waals surface area contributed by atoms with Crippen LogP contribution in [0.15, 0.2) is 51.8 Å². The molecule has 0 aliphatic heterocycles. The highest BCUT2D eigenvalue weighted by Gasteiger charge is 2.20. The zero-order valence-corrected chi connectivity index (χ0v) is 14.4. The fourth-order valence-electron chi connectivity index (χ4n) is 1.83. The third kappa shape index (κ3) is 3.81. The van der Waals surface area contributed by atoms with Crippen LogP contribution in [0.3, 0.4) is 0 Å². The molecule has 1 aromatic carbocycles. The molecule has 3 aromatic rings. The lowest BCUT2D eigenvalue weighted by Crippen LogP contribution is -2.10. The number of sulfone groups is 1. The molecule has 7 nitrogen and oxygen atoms in total. The van der Waals surface area contributed by atoms with Gasteiger partial charge in [-0.2, -0.15) is 0 Å². The van der Waals surface area contributed by atoms with E-state index in [1.807, 2.05) is 0 Å². The number of rotatable bonds is 5. The van der Waals surface area contributed by atoms with Crippen LogP contribution in [0.5, 0.6) is 0 Å². The van der Waals surface area contributed by atoms with Gasteiger partial charge < -0.3 is 4.42 Å². The Morgan fingerprint density at radius 1 is 1.17 bits per heavy atom. The quantitative estimate of drug-likeness (QED) is 0.726. The number of anilines is 1. The molecule has 0 atom stereocenters. The van der Waals surface area contributed by atoms with Gasteiger partial charge in [-0.25, -0.2) is 8.42 Å². The van der Waals surface area contributed by atoms with Gasteiger partial charge in [-0.1, -0.05) is 34.9 Å². The minimum atomic E-state index is -3.60. The zero-order chi connectivity index (χ0) is 17.2. The third-order valence-electron chi connectivity index (χ3n) is 2.90. The van der Waals surface area contributed by atoms with Gasteiger partial charge in [0.1, 0.15) is 5.75 Å². The average molecular weight is 384 g/mol. The predicted octanol–water partition coefficient (Wildman–Crippen LogP) is 3.01. The Labute approximate surface area is 146 Å². The summed E-state index contributed by atoms with van der Waals surface area (Å²) in [5, 5.41) is 9.67. The van der Waals surface area contributed by atoms with Crippen molar-refractivity contribution >= 4 is 44.7 Å². The molecule has 24 heavy (non-hydrogen) atoms. The number of aromatic nitrogens is 2. The van der Waals surface area contributed by atoms with Crippen LogP contribution in [-0.4, -0.2) is 24.5 Å². The monoisotopic (exact) mass is 383 g/mol. The van der Waals surface area contributed by atoms with E-state index >= 15 is 0 Å². The highest BCUT2D eigenvalue weighted by molar-refractivity contribution is 7.90. The predicted molar refractivity (Wildman–Crippen MR) is 88.9 cm³/mol. The molecule has 0 aliphatic rings. The maximum atomic E-state index is 12.2. The largest absolute Gasteiger partial charge is 0.407 e. The third-order valence-corrected chi connectivity index (χ3v) is 5.75. The second kappa shape index (κ2) is 6.71. The number of carbonyl (C=O) groups is 1. The van der Waals surface area contributed by atoms with Crippen molar-refractivity contribution in [2.45, 2.75) is 10.6 Å². The summed E-state index contributed by atoms with van der Waals surface area (Å²) in [5.74, 6) is -1.03. The van der Waals surface area contributed by atoms with E-state index in [1.54, 1.807) is 30.3 Å². The first kappa shape index (κ1) is 16.6. The molecule has 0 saturated heterocycles. The van der Waals surface area contributed by atoms with Crippen LogP contribution in [0.4, 0.5) is 6.01 Å². The Balaban J connectivity index is 1.71. The van der Waals surface area contributed by atoms with Gasteiger partial charge >= 0.3 is 6.01 Å². The molecule has 0 unspecified atom stereocenters. The number of amides is 1. The van der Waals surface area contributed by atoms with Crippen LogP contribution in [0.1, 0.15) is 15.6 Å². The Kier molecular flexibility index (Phi) is 4.65. The molecule has 0 bridgehead atoms. The molecule has 2 heterocycles. The summed E-state index contributed by atoms with van der Waals surface area (Å²) in [5.41, 5.74) is 0. The molecule has 124 valence electrons. The molecule has 0 saturated carbocycles. The van der Waals surface area contributed by atoms with E-state index in [-0.39, 0.29) is 16.8 Å². The maximum absolute atomic E-state index is 12.2. The molecule has 0 spiro atoms. The molecule has 1 amide bonds. The Morgan fingerprint density at radius 2 is 1.92 bits per heavy atom. The summed E-state index contributed by atoms with van der Waals surface area (Å²) in [6.45, 7) is 0. The minimum absolute atomic E-state index is 0.113. The van der Waals surface area contributed by atoms with Crippen molar-refractivity contribution in [2.75, 3.05) is 5.32 Å². The molecule has 0 radical (unpaired) electrons. The topological polar surface area (TPSA) is 102 Å². The first-order valence-corrected chi connectivity index (χ1v) is 9.45. The lowest BCUT2D eigenvalue weighted by atomic mass is 10.4. The lowest BCUT2D eigenvalue weighted by molar-refractivity contribution is 0.102. The second-order valence-corrected chi connectivity index (χ2v) is 8.34. The maximum Gasteiger partial charge on any atom is 0.322 e. The van der Waals surface area contributed by atoms with Crippen molar-refractivity contribution in [1.82, 2.24) is 10.2 Å². The van der Waals surface area contributed by atoms with E-state index in [1.165, 1.54) is 12.1 Å². The number of benzene rings is 1. The fraction of sp³-hybridized carbons (Fsp3) is 0.0714. The van der Waals surface area contributed by atoms with Gasteiger partial charge in [0.25, 0.3) is 5.91 Å². The van der Waals surface area contributed by atoms with Crippen LogP contribution < -0.4 is 5.32 Å². The van der Waals surface area contributed by atoms with E-state index in [2.05, 4.69) is 15.5 Å². The zero-order valence-electron chi connectivity index (χ0n) is 12.0. The van der Waals surface area contributed by atoms with Crippen molar-refractivity contribution in [3.05, 3.63) is 57.6 Å². The molecule has 3 rings (SSSR count). The Hall–Kier alpha value is -2.23. The van der Waals surface area contributed by atoms with Gasteiger partial charge in [0.05, 0.1) is 14.1 Å². The Morgan fingerprint density at radius 3 is 2.58 bits per heavy atom. The number of carbonyl (C=O) groups excluding carboxylic acids is 1. The number of hydrogen-bond acceptors (Lipinski definition) is 7. The van der Waals surface area contributed by atoms with Crippen LogP contribution in [0, 0.1) is 0 Å². The number of thiophene rings is 1. The van der Waals surface area contributed by atoms with Gasteiger partial charge in [-0.15, -0.1) is 16.4 Å². The summed E-state index contributed by atoms with van der Waals surface area (Å²) in [6.07, 6.45) is 0. The summed E-state index contributed by atoms with van der Waals surface area (Å²) in [4.78, 5) is 12.5. The van der Waals surface area contributed by atoms with Crippen molar-refractivity contribution in [2.24, 2.45) is 0 Å². The van der Waals surface area contributed by atoms with Crippen molar-refractivity contribution in [3.63, 3.8) is 0 Å². The van der Waals surface area contributed by atoms with E-state index < -0.39 is 21.5 Å². The smallest absolute Gasteiger partial charge is 0.322 e. The van der Waals surface area contributed by atoms with Gasteiger partial charge in [-0.3, -0.25) is 10.1 Å². The van der Waals surface area contributed by atoms with E-state index in [4.69, 9.17) is 16.0 Å². The van der Waals surface area contributed by atoms with Crippen LogP contribution in [-0.2, 0) is 15.6 Å². The van der Waals surface area contributed by atoms with Crippen molar-refractivity contribution in [3.8, 4) is 0 Å². The molecule has 0 aliphatic carbocycles. The summed E-state index contributed by atoms with van der Waals surface area (Å²) in [6, 6.07) is 10.9. The van der Waals surface area contributed by atoms with Crippen LogP contribution in [0.2, 0.25) is 4.34 Å². The minimum Gasteiger partial charge on any atom is -0.407 e. The molecular formula is C14H10ClN3O4S2. The van der Waals surface area contributed by atoms with Gasteiger partial charge in [-0.05, 0) is 24.3 Å². The highest BCUT2D eigenvalue weighted by atomic mass is 35.5. The lowest BCUT2D eigenvalue weighted by Gasteiger charge is -2.00. The molecule has 2 aromatic heterocycles. The van der Waals surface area contributed by atoms with E-state index in [0.29, 0.717) is 9.21 Å². The van der Waals surface area contributed by atoms with Crippen LogP contribution in [0.25, 0.3) is 0 Å². The molecule has 0 fully saturated rings. The number of nitrogens with zero attached hydrogens (tertiary/aromatic N) is 2. The summed E-state index contributed by atoms with van der Waals surface area (Å²) < 4.78 is 30.1. The van der Waals surface area contributed by atoms with Crippen molar-refractivity contribution in [1.29, 1.82) is 0 Å². The standard InChI is InChI=1S/C14H10ClN3O4S2/c15-11-7-6-10(23-11)13(19)16-14-18-17-12(22-14)8-24(20,21)9-4-2-1-3-5-9/h1-7H,8H2,(H,16,18,19). The molecule has 1 N–H and O–H groups in total. The fourth-order valence-corrected chi connectivity index (χ4v) is 3.95. The summed E-state index contributed by atoms with van der Waals surface area (Å²) in [7, 11) is -3.60. The van der Waals surface area contributed by atoms with Crippen molar-refractivity contribution < 1.29 is 17.6 Å². The normalized spacial score (nSPS) is 11.4. The second-order valence-electron chi connectivity index (χ2n) is 4.63.